The van der Waals surface area contributed by atoms with Gasteiger partial charge in [-0.1, -0.05) is 24.1 Å². The number of piperidine rings is 1. The summed E-state index contributed by atoms with van der Waals surface area (Å²) >= 11 is 1.49. The Hall–Kier alpha value is -2.74. The van der Waals surface area contributed by atoms with Gasteiger partial charge in [-0.2, -0.15) is 9.61 Å². The maximum absolute atomic E-state index is 13.5. The molecule has 2 N–H and O–H groups in total. The summed E-state index contributed by atoms with van der Waals surface area (Å²) in [5.41, 5.74) is 5.30. The zero-order valence-electron chi connectivity index (χ0n) is 17.9. The van der Waals surface area contributed by atoms with Crippen LogP contribution >= 0.6 is 11.9 Å². The van der Waals surface area contributed by atoms with E-state index in [0.29, 0.717) is 5.56 Å². The zero-order chi connectivity index (χ0) is 21.3. The van der Waals surface area contributed by atoms with Gasteiger partial charge in [-0.25, -0.2) is 4.98 Å². The smallest absolute Gasteiger partial charge is 0.256 e. The standard InChI is InChI=1S/C22H28N6OS/c1-14-15(2)24-20-13-18(25-28(20)21(14)23-3)19-11-7-8-12-27(19)22(29)16-9-5-6-10-17(16)26-30-4/h5-6,9-10,13,19,23,26H,7-8,11-12H2,1-4H3. The molecule has 4 rings (SSSR count). The first-order valence-corrected chi connectivity index (χ1v) is 11.5. The van der Waals surface area contributed by atoms with Crippen molar-refractivity contribution in [3.8, 4) is 0 Å². The second-order valence-corrected chi connectivity index (χ2v) is 8.23. The van der Waals surface area contributed by atoms with Crippen LogP contribution in [-0.4, -0.2) is 45.3 Å². The van der Waals surface area contributed by atoms with Crippen LogP contribution in [0.4, 0.5) is 11.5 Å². The minimum Gasteiger partial charge on any atom is -0.373 e. The number of fused-ring (bicyclic) bond motifs is 1. The minimum absolute atomic E-state index is 0.0445. The number of benzene rings is 1. The van der Waals surface area contributed by atoms with Crippen molar-refractivity contribution in [3.05, 3.63) is 52.8 Å². The minimum atomic E-state index is -0.0550. The van der Waals surface area contributed by atoms with Gasteiger partial charge in [-0.15, -0.1) is 0 Å². The number of aromatic nitrogens is 3. The molecule has 7 nitrogen and oxygen atoms in total. The number of nitrogens with one attached hydrogen (secondary N) is 2. The molecule has 2 aromatic heterocycles. The Bertz CT molecular complexity index is 1080. The van der Waals surface area contributed by atoms with Crippen LogP contribution in [0.15, 0.2) is 30.3 Å². The van der Waals surface area contributed by atoms with Gasteiger partial charge in [0.25, 0.3) is 5.91 Å². The van der Waals surface area contributed by atoms with Gasteiger partial charge in [-0.05, 0) is 45.2 Å². The second-order valence-electron chi connectivity index (χ2n) is 7.62. The fourth-order valence-electron chi connectivity index (χ4n) is 4.18. The Morgan fingerprint density at radius 3 is 2.80 bits per heavy atom. The Balaban J connectivity index is 1.74. The molecule has 1 unspecified atom stereocenters. The molecule has 0 saturated carbocycles. The van der Waals surface area contributed by atoms with E-state index in [9.17, 15) is 4.79 Å². The van der Waals surface area contributed by atoms with E-state index in [1.54, 1.807) is 0 Å². The number of hydrogen-bond acceptors (Lipinski definition) is 6. The highest BCUT2D eigenvalue weighted by Gasteiger charge is 2.32. The van der Waals surface area contributed by atoms with Gasteiger partial charge in [0.1, 0.15) is 5.82 Å². The van der Waals surface area contributed by atoms with E-state index in [1.807, 2.05) is 66.9 Å². The van der Waals surface area contributed by atoms with Crippen molar-refractivity contribution in [1.82, 2.24) is 19.5 Å². The van der Waals surface area contributed by atoms with Crippen LogP contribution in [0.2, 0.25) is 0 Å². The van der Waals surface area contributed by atoms with Crippen LogP contribution in [0.3, 0.4) is 0 Å². The number of anilines is 2. The molecular formula is C22H28N6OS. The third kappa shape index (κ3) is 3.60. The molecule has 1 aromatic carbocycles. The number of carbonyl (C=O) groups is 1. The molecule has 0 bridgehead atoms. The molecule has 8 heteroatoms. The average Bonchev–Trinajstić information content (AvgIpc) is 3.18. The number of carbonyl (C=O) groups excluding carboxylic acids is 1. The summed E-state index contributed by atoms with van der Waals surface area (Å²) in [5.74, 6) is 0.981. The fraction of sp³-hybridized carbons (Fsp3) is 0.409. The Morgan fingerprint density at radius 2 is 2.03 bits per heavy atom. The highest BCUT2D eigenvalue weighted by atomic mass is 32.2. The van der Waals surface area contributed by atoms with Crippen LogP contribution in [0.5, 0.6) is 0 Å². The van der Waals surface area contributed by atoms with E-state index in [-0.39, 0.29) is 11.9 Å². The molecular weight excluding hydrogens is 396 g/mol. The SMILES string of the molecule is CNc1c(C)c(C)nc2cc(C3CCCCN3C(=O)c3ccccc3NSC)nn12. The number of nitrogens with zero attached hydrogens (tertiary/aromatic N) is 4. The Labute approximate surface area is 181 Å². The van der Waals surface area contributed by atoms with Gasteiger partial charge < -0.3 is 14.9 Å². The molecule has 0 radical (unpaired) electrons. The van der Waals surface area contributed by atoms with Gasteiger partial charge >= 0.3 is 0 Å². The summed E-state index contributed by atoms with van der Waals surface area (Å²) in [5, 5.41) is 8.12. The lowest BCUT2D eigenvalue weighted by molar-refractivity contribution is 0.0607. The number of aryl methyl sites for hydroxylation is 1. The first-order valence-electron chi connectivity index (χ1n) is 10.3. The average molecular weight is 425 g/mol. The lowest BCUT2D eigenvalue weighted by atomic mass is 9.98. The van der Waals surface area contributed by atoms with E-state index in [1.165, 1.54) is 11.9 Å². The lowest BCUT2D eigenvalue weighted by Crippen LogP contribution is -2.39. The van der Waals surface area contributed by atoms with Crippen LogP contribution in [-0.2, 0) is 0 Å². The molecule has 1 aliphatic rings. The van der Waals surface area contributed by atoms with Gasteiger partial charge in [0, 0.05) is 37.2 Å². The largest absolute Gasteiger partial charge is 0.373 e. The van der Waals surface area contributed by atoms with E-state index >= 15 is 0 Å². The van der Waals surface area contributed by atoms with Gasteiger partial charge in [0.15, 0.2) is 5.65 Å². The molecule has 0 aliphatic carbocycles. The highest BCUT2D eigenvalue weighted by Crippen LogP contribution is 2.34. The number of likely N-dealkylation sites (tertiary alicyclic amines) is 1. The van der Waals surface area contributed by atoms with Crippen LogP contribution in [0.1, 0.15) is 52.6 Å². The van der Waals surface area contributed by atoms with E-state index in [0.717, 1.165) is 59.9 Å². The first kappa shape index (κ1) is 20.5. The van der Waals surface area contributed by atoms with E-state index in [4.69, 9.17) is 10.1 Å². The number of rotatable bonds is 5. The molecule has 1 saturated heterocycles. The summed E-state index contributed by atoms with van der Waals surface area (Å²) < 4.78 is 5.09. The van der Waals surface area contributed by atoms with Gasteiger partial charge in [-0.3, -0.25) is 4.79 Å². The van der Waals surface area contributed by atoms with Gasteiger partial charge in [0.05, 0.1) is 23.0 Å². The van der Waals surface area contributed by atoms with Crippen molar-refractivity contribution >= 4 is 35.0 Å². The normalized spacial score (nSPS) is 16.7. The summed E-state index contributed by atoms with van der Waals surface area (Å²) in [6.45, 7) is 4.78. The number of para-hydroxylation sites is 1. The molecule has 1 aliphatic heterocycles. The van der Waals surface area contributed by atoms with Crippen LogP contribution in [0, 0.1) is 13.8 Å². The summed E-state index contributed by atoms with van der Waals surface area (Å²) in [7, 11) is 1.90. The highest BCUT2D eigenvalue weighted by molar-refractivity contribution is 7.99. The van der Waals surface area contributed by atoms with Crippen molar-refractivity contribution < 1.29 is 4.79 Å². The van der Waals surface area contributed by atoms with E-state index < -0.39 is 0 Å². The monoisotopic (exact) mass is 424 g/mol. The van der Waals surface area contributed by atoms with Crippen LogP contribution in [0.25, 0.3) is 5.65 Å². The van der Waals surface area contributed by atoms with Crippen molar-refractivity contribution in [3.63, 3.8) is 0 Å². The predicted octanol–water partition coefficient (Wildman–Crippen LogP) is 4.45. The van der Waals surface area contributed by atoms with Crippen molar-refractivity contribution in [2.75, 3.05) is 29.9 Å². The van der Waals surface area contributed by atoms with E-state index in [2.05, 4.69) is 10.0 Å². The maximum Gasteiger partial charge on any atom is 0.256 e. The number of amides is 1. The molecule has 0 spiro atoms. The van der Waals surface area contributed by atoms with Gasteiger partial charge in [0.2, 0.25) is 0 Å². The quantitative estimate of drug-likeness (QED) is 0.590. The Morgan fingerprint density at radius 1 is 1.23 bits per heavy atom. The van der Waals surface area contributed by atoms with Crippen LogP contribution < -0.4 is 10.0 Å². The molecule has 3 heterocycles. The summed E-state index contributed by atoms with van der Waals surface area (Å²) in [4.78, 5) is 20.2. The molecule has 1 atom stereocenters. The molecule has 158 valence electrons. The maximum atomic E-state index is 13.5. The number of hydrogen-bond donors (Lipinski definition) is 2. The second kappa shape index (κ2) is 8.55. The fourth-order valence-corrected chi connectivity index (χ4v) is 4.58. The molecule has 30 heavy (non-hydrogen) atoms. The Kier molecular flexibility index (Phi) is 5.85. The lowest BCUT2D eigenvalue weighted by Gasteiger charge is -2.35. The third-order valence-electron chi connectivity index (χ3n) is 5.81. The predicted molar refractivity (Wildman–Crippen MR) is 123 cm³/mol. The first-order chi connectivity index (χ1) is 14.5. The summed E-state index contributed by atoms with van der Waals surface area (Å²) in [6, 6.07) is 9.67. The molecule has 1 fully saturated rings. The van der Waals surface area contributed by atoms with Crippen molar-refractivity contribution in [2.45, 2.75) is 39.2 Å². The zero-order valence-corrected chi connectivity index (χ0v) is 18.7. The molecule has 1 amide bonds. The third-order valence-corrected chi connectivity index (χ3v) is 6.24. The topological polar surface area (TPSA) is 74.6 Å². The van der Waals surface area contributed by atoms with Crippen molar-refractivity contribution in [2.24, 2.45) is 0 Å². The summed E-state index contributed by atoms with van der Waals surface area (Å²) in [6.07, 6.45) is 4.95. The molecule has 3 aromatic rings. The van der Waals surface area contributed by atoms with Crippen molar-refractivity contribution in [1.29, 1.82) is 0 Å².